The second-order valence-corrected chi connectivity index (χ2v) is 4.10. The highest BCUT2D eigenvalue weighted by Crippen LogP contribution is 2.35. The van der Waals surface area contributed by atoms with Crippen molar-refractivity contribution >= 4 is 5.82 Å². The number of halogens is 1. The molecule has 20 heavy (non-hydrogen) atoms. The van der Waals surface area contributed by atoms with Gasteiger partial charge >= 0.3 is 0 Å². The molecule has 0 atom stereocenters. The quantitative estimate of drug-likeness (QED) is 0.909. The van der Waals surface area contributed by atoms with Gasteiger partial charge in [-0.15, -0.1) is 0 Å². The van der Waals surface area contributed by atoms with Crippen molar-refractivity contribution in [2.45, 2.75) is 13.8 Å². The minimum atomic E-state index is -0.370. The van der Waals surface area contributed by atoms with Crippen molar-refractivity contribution < 1.29 is 13.9 Å². The zero-order valence-corrected chi connectivity index (χ0v) is 11.6. The third-order valence-corrected chi connectivity index (χ3v) is 2.68. The minimum absolute atomic E-state index is 0.243. The molecule has 0 saturated carbocycles. The second-order valence-electron chi connectivity index (χ2n) is 4.10. The van der Waals surface area contributed by atoms with Crippen molar-refractivity contribution in [3.05, 3.63) is 35.9 Å². The zero-order valence-electron chi connectivity index (χ0n) is 11.6. The van der Waals surface area contributed by atoms with Crippen LogP contribution in [0.25, 0.3) is 0 Å². The number of hydrogen-bond acceptors (Lipinski definition) is 5. The lowest BCUT2D eigenvalue weighted by molar-refractivity contribution is 0.367. The van der Waals surface area contributed by atoms with Crippen molar-refractivity contribution in [2.24, 2.45) is 0 Å². The summed E-state index contributed by atoms with van der Waals surface area (Å²) in [4.78, 5) is 8.12. The number of aryl methyl sites for hydroxylation is 1. The van der Waals surface area contributed by atoms with Gasteiger partial charge in [0.05, 0.1) is 7.11 Å². The molecule has 0 bridgehead atoms. The molecular weight excluding hydrogens is 261 g/mol. The summed E-state index contributed by atoms with van der Waals surface area (Å²) in [6.45, 7) is 4.46. The molecule has 106 valence electrons. The molecule has 1 heterocycles. The van der Waals surface area contributed by atoms with E-state index in [1.54, 1.807) is 6.07 Å². The molecule has 1 N–H and O–H groups in total. The van der Waals surface area contributed by atoms with E-state index >= 15 is 0 Å². The van der Waals surface area contributed by atoms with E-state index in [9.17, 15) is 4.39 Å². The molecule has 2 rings (SSSR count). The van der Waals surface area contributed by atoms with Gasteiger partial charge in [-0.3, -0.25) is 0 Å². The van der Waals surface area contributed by atoms with Crippen molar-refractivity contribution in [2.75, 3.05) is 19.0 Å². The predicted molar refractivity (Wildman–Crippen MR) is 74.0 cm³/mol. The molecule has 1 aromatic carbocycles. The predicted octanol–water partition coefficient (Wildman–Crippen LogP) is 3.16. The third kappa shape index (κ3) is 2.96. The molecule has 0 aliphatic rings. The Morgan fingerprint density at radius 3 is 2.80 bits per heavy atom. The first-order valence-electron chi connectivity index (χ1n) is 6.22. The lowest BCUT2D eigenvalue weighted by Crippen LogP contribution is -2.04. The van der Waals surface area contributed by atoms with E-state index in [2.05, 4.69) is 15.3 Å². The van der Waals surface area contributed by atoms with Crippen LogP contribution in [0.15, 0.2) is 24.5 Å². The van der Waals surface area contributed by atoms with Gasteiger partial charge in [0.1, 0.15) is 17.9 Å². The molecule has 0 aliphatic carbocycles. The Labute approximate surface area is 116 Å². The van der Waals surface area contributed by atoms with Crippen molar-refractivity contribution in [3.8, 4) is 17.4 Å². The van der Waals surface area contributed by atoms with Crippen LogP contribution in [0.1, 0.15) is 12.5 Å². The van der Waals surface area contributed by atoms with Crippen LogP contribution in [0, 0.1) is 12.7 Å². The van der Waals surface area contributed by atoms with Crippen LogP contribution in [0.3, 0.4) is 0 Å². The topological polar surface area (TPSA) is 56.3 Å². The lowest BCUT2D eigenvalue weighted by atomic mass is 10.2. The molecule has 0 fully saturated rings. The number of hydrogen-bond donors (Lipinski definition) is 1. The molecule has 0 radical (unpaired) electrons. The molecular formula is C14H16FN3O2. The van der Waals surface area contributed by atoms with Gasteiger partial charge < -0.3 is 14.8 Å². The minimum Gasteiger partial charge on any atom is -0.489 e. The van der Waals surface area contributed by atoms with Gasteiger partial charge in [0.15, 0.2) is 5.82 Å². The maximum atomic E-state index is 13.3. The van der Waals surface area contributed by atoms with Crippen LogP contribution in [0.5, 0.6) is 17.4 Å². The fourth-order valence-corrected chi connectivity index (χ4v) is 1.70. The third-order valence-electron chi connectivity index (χ3n) is 2.68. The van der Waals surface area contributed by atoms with Crippen molar-refractivity contribution in [1.29, 1.82) is 0 Å². The Morgan fingerprint density at radius 2 is 2.10 bits per heavy atom. The average Bonchev–Trinajstić information content (AvgIpc) is 2.43. The van der Waals surface area contributed by atoms with Crippen LogP contribution in [-0.2, 0) is 0 Å². The molecule has 0 amide bonds. The van der Waals surface area contributed by atoms with Gasteiger partial charge in [-0.1, -0.05) is 6.07 Å². The highest BCUT2D eigenvalue weighted by Gasteiger charge is 2.15. The van der Waals surface area contributed by atoms with E-state index in [0.29, 0.717) is 23.9 Å². The summed E-state index contributed by atoms with van der Waals surface area (Å²) in [5.41, 5.74) is 0.803. The molecule has 1 aromatic heterocycles. The number of ether oxygens (including phenoxy) is 2. The van der Waals surface area contributed by atoms with Crippen LogP contribution in [0.4, 0.5) is 10.2 Å². The Balaban J connectivity index is 2.37. The number of benzene rings is 1. The zero-order chi connectivity index (χ0) is 14.5. The number of nitrogens with zero attached hydrogens (tertiary/aromatic N) is 2. The SMILES string of the molecule is CCNc1ncnc(Oc2cc(F)ccc2C)c1OC. The summed E-state index contributed by atoms with van der Waals surface area (Å²) in [7, 11) is 1.50. The number of anilines is 1. The Kier molecular flexibility index (Phi) is 4.34. The van der Waals surface area contributed by atoms with E-state index in [0.717, 1.165) is 5.56 Å². The highest BCUT2D eigenvalue weighted by molar-refractivity contribution is 5.56. The van der Waals surface area contributed by atoms with E-state index in [-0.39, 0.29) is 11.7 Å². The van der Waals surface area contributed by atoms with Crippen LogP contribution in [-0.4, -0.2) is 23.6 Å². The Bertz CT molecular complexity index is 605. The average molecular weight is 277 g/mol. The van der Waals surface area contributed by atoms with E-state index in [4.69, 9.17) is 9.47 Å². The number of rotatable bonds is 5. The summed E-state index contributed by atoms with van der Waals surface area (Å²) in [5, 5.41) is 3.05. The monoisotopic (exact) mass is 277 g/mol. The first-order chi connectivity index (χ1) is 9.65. The fourth-order valence-electron chi connectivity index (χ4n) is 1.70. The normalized spacial score (nSPS) is 10.2. The van der Waals surface area contributed by atoms with E-state index in [1.165, 1.54) is 25.6 Å². The van der Waals surface area contributed by atoms with Gasteiger partial charge in [-0.25, -0.2) is 9.37 Å². The van der Waals surface area contributed by atoms with Gasteiger partial charge in [0, 0.05) is 12.6 Å². The van der Waals surface area contributed by atoms with Crippen molar-refractivity contribution in [1.82, 2.24) is 9.97 Å². The number of methoxy groups -OCH3 is 1. The van der Waals surface area contributed by atoms with Gasteiger partial charge in [-0.2, -0.15) is 4.98 Å². The second kappa shape index (κ2) is 6.18. The number of aromatic nitrogens is 2. The van der Waals surface area contributed by atoms with Gasteiger partial charge in [-0.05, 0) is 25.5 Å². The maximum absolute atomic E-state index is 13.3. The summed E-state index contributed by atoms with van der Waals surface area (Å²) < 4.78 is 24.2. The summed E-state index contributed by atoms with van der Waals surface area (Å²) >= 11 is 0. The lowest BCUT2D eigenvalue weighted by Gasteiger charge is -2.13. The molecule has 0 spiro atoms. The van der Waals surface area contributed by atoms with Crippen LogP contribution < -0.4 is 14.8 Å². The van der Waals surface area contributed by atoms with E-state index < -0.39 is 0 Å². The summed E-state index contributed by atoms with van der Waals surface area (Å²) in [6, 6.07) is 4.33. The Morgan fingerprint density at radius 1 is 1.30 bits per heavy atom. The Hall–Kier alpha value is -2.37. The molecule has 0 unspecified atom stereocenters. The van der Waals surface area contributed by atoms with E-state index in [1.807, 2.05) is 13.8 Å². The molecule has 2 aromatic rings. The largest absolute Gasteiger partial charge is 0.489 e. The smallest absolute Gasteiger partial charge is 0.268 e. The molecule has 6 heteroatoms. The fraction of sp³-hybridized carbons (Fsp3) is 0.286. The first-order valence-corrected chi connectivity index (χ1v) is 6.22. The van der Waals surface area contributed by atoms with Gasteiger partial charge in [0.2, 0.25) is 5.75 Å². The molecule has 0 saturated heterocycles. The maximum Gasteiger partial charge on any atom is 0.268 e. The van der Waals surface area contributed by atoms with Crippen LogP contribution >= 0.6 is 0 Å². The van der Waals surface area contributed by atoms with Gasteiger partial charge in [0.25, 0.3) is 5.88 Å². The highest BCUT2D eigenvalue weighted by atomic mass is 19.1. The number of nitrogens with one attached hydrogen (secondary N) is 1. The summed E-state index contributed by atoms with van der Waals surface area (Å²) in [6.07, 6.45) is 1.37. The standard InChI is InChI=1S/C14H16FN3O2/c1-4-16-13-12(19-3)14(18-8-17-13)20-11-7-10(15)6-5-9(11)2/h5-8H,4H2,1-3H3,(H,16,17,18). The van der Waals surface area contributed by atoms with Crippen LogP contribution in [0.2, 0.25) is 0 Å². The molecule has 0 aliphatic heterocycles. The molecule has 5 nitrogen and oxygen atoms in total. The first kappa shape index (κ1) is 14.0. The summed E-state index contributed by atoms with van der Waals surface area (Å²) in [5.74, 6) is 1.19. The van der Waals surface area contributed by atoms with Crippen molar-refractivity contribution in [3.63, 3.8) is 0 Å².